The zero-order chi connectivity index (χ0) is 18.3. The summed E-state index contributed by atoms with van der Waals surface area (Å²) in [6.07, 6.45) is 3.87. The lowest BCUT2D eigenvalue weighted by Gasteiger charge is -2.34. The molecule has 2 aromatic rings. The lowest BCUT2D eigenvalue weighted by molar-refractivity contribution is -0.133. The molecule has 0 radical (unpaired) electrons. The van der Waals surface area contributed by atoms with Crippen LogP contribution in [0, 0.1) is 13.8 Å². The summed E-state index contributed by atoms with van der Waals surface area (Å²) in [5.74, 6) is 1.21. The first-order valence-corrected chi connectivity index (χ1v) is 9.41. The van der Waals surface area contributed by atoms with Gasteiger partial charge in [-0.3, -0.25) is 14.3 Å². The molecular formula is C19H25N5O2. The van der Waals surface area contributed by atoms with Crippen molar-refractivity contribution in [2.75, 3.05) is 13.1 Å². The number of fused-ring (bicyclic) bond motifs is 1. The van der Waals surface area contributed by atoms with E-state index in [1.165, 1.54) is 0 Å². The summed E-state index contributed by atoms with van der Waals surface area (Å²) in [5.41, 5.74) is 2.84. The van der Waals surface area contributed by atoms with Gasteiger partial charge >= 0.3 is 0 Å². The van der Waals surface area contributed by atoms with Gasteiger partial charge in [-0.15, -0.1) is 0 Å². The van der Waals surface area contributed by atoms with E-state index in [0.717, 1.165) is 61.7 Å². The van der Waals surface area contributed by atoms with Crippen LogP contribution in [0.3, 0.4) is 0 Å². The molecule has 0 bridgehead atoms. The molecule has 0 aliphatic carbocycles. The molecule has 1 saturated heterocycles. The maximum absolute atomic E-state index is 12.8. The van der Waals surface area contributed by atoms with Crippen molar-refractivity contribution in [3.63, 3.8) is 0 Å². The van der Waals surface area contributed by atoms with Crippen molar-refractivity contribution in [1.82, 2.24) is 24.2 Å². The highest BCUT2D eigenvalue weighted by Gasteiger charge is 2.28. The van der Waals surface area contributed by atoms with Crippen molar-refractivity contribution in [2.24, 2.45) is 0 Å². The molecule has 2 aliphatic rings. The first-order chi connectivity index (χ1) is 12.5. The molecule has 1 fully saturated rings. The number of carbonyl (C=O) groups excluding carboxylic acids is 1. The number of carbonyl (C=O) groups is 1. The van der Waals surface area contributed by atoms with E-state index in [-0.39, 0.29) is 23.9 Å². The minimum atomic E-state index is -0.153. The van der Waals surface area contributed by atoms with Crippen molar-refractivity contribution in [3.8, 4) is 0 Å². The Hall–Kier alpha value is -2.44. The van der Waals surface area contributed by atoms with Crippen LogP contribution in [0.4, 0.5) is 0 Å². The number of aryl methyl sites for hydroxylation is 3. The predicted molar refractivity (Wildman–Crippen MR) is 97.1 cm³/mol. The zero-order valence-corrected chi connectivity index (χ0v) is 15.4. The van der Waals surface area contributed by atoms with Crippen molar-refractivity contribution in [1.29, 1.82) is 0 Å². The molecular weight excluding hydrogens is 330 g/mol. The summed E-state index contributed by atoms with van der Waals surface area (Å²) in [7, 11) is 0. The Kier molecular flexibility index (Phi) is 4.38. The molecule has 0 spiro atoms. The third-order valence-electron chi connectivity index (χ3n) is 5.50. The standard InChI is InChI=1S/C19H25N5O2/c1-13-9-14(2)24(21-13)12-19(26)22-7-3-5-15(11-22)16-10-18(25)20-17-6-4-8-23(16)17/h9-10,15H,3-8,11-12H2,1-2H3/t15-/m1/s1. The molecule has 0 aromatic carbocycles. The smallest absolute Gasteiger partial charge is 0.273 e. The Morgan fingerprint density at radius 2 is 2.08 bits per heavy atom. The van der Waals surface area contributed by atoms with Crippen molar-refractivity contribution in [2.45, 2.75) is 58.5 Å². The van der Waals surface area contributed by atoms with Crippen LogP contribution >= 0.6 is 0 Å². The fourth-order valence-corrected chi connectivity index (χ4v) is 4.26. The van der Waals surface area contributed by atoms with Crippen molar-refractivity contribution >= 4 is 5.91 Å². The number of rotatable bonds is 3. The Morgan fingerprint density at radius 3 is 2.85 bits per heavy atom. The normalized spacial score (nSPS) is 19.6. The Balaban J connectivity index is 1.52. The Bertz CT molecular complexity index is 898. The van der Waals surface area contributed by atoms with Crippen LogP contribution in [0.25, 0.3) is 0 Å². The average molecular weight is 355 g/mol. The summed E-state index contributed by atoms with van der Waals surface area (Å²) in [4.78, 5) is 30.8. The highest BCUT2D eigenvalue weighted by Crippen LogP contribution is 2.28. The van der Waals surface area contributed by atoms with E-state index in [0.29, 0.717) is 6.54 Å². The van der Waals surface area contributed by atoms with E-state index < -0.39 is 0 Å². The third kappa shape index (κ3) is 3.18. The number of amides is 1. The van der Waals surface area contributed by atoms with E-state index in [4.69, 9.17) is 0 Å². The molecule has 0 saturated carbocycles. The number of aromatic nitrogens is 4. The SMILES string of the molecule is Cc1cc(C)n(CC(=O)N2CCC[C@@H](c3cc(=O)nc4n3CCC4)C2)n1. The zero-order valence-electron chi connectivity index (χ0n) is 15.4. The van der Waals surface area contributed by atoms with E-state index >= 15 is 0 Å². The molecule has 7 nitrogen and oxygen atoms in total. The largest absolute Gasteiger partial charge is 0.340 e. The number of piperidine rings is 1. The van der Waals surface area contributed by atoms with Crippen LogP contribution in [-0.4, -0.2) is 43.2 Å². The Labute approximate surface area is 152 Å². The fourth-order valence-electron chi connectivity index (χ4n) is 4.26. The lowest BCUT2D eigenvalue weighted by atomic mass is 9.94. The van der Waals surface area contributed by atoms with E-state index in [2.05, 4.69) is 14.6 Å². The van der Waals surface area contributed by atoms with Gasteiger partial charge in [0.05, 0.1) is 5.69 Å². The number of nitrogens with zero attached hydrogens (tertiary/aromatic N) is 5. The predicted octanol–water partition coefficient (Wildman–Crippen LogP) is 1.41. The second kappa shape index (κ2) is 6.70. The maximum atomic E-state index is 12.8. The first kappa shape index (κ1) is 17.0. The van der Waals surface area contributed by atoms with Gasteiger partial charge in [-0.2, -0.15) is 10.1 Å². The van der Waals surface area contributed by atoms with Gasteiger partial charge < -0.3 is 9.47 Å². The van der Waals surface area contributed by atoms with Gasteiger partial charge in [0.1, 0.15) is 12.4 Å². The molecule has 7 heteroatoms. The van der Waals surface area contributed by atoms with Gasteiger partial charge in [-0.05, 0) is 39.2 Å². The maximum Gasteiger partial charge on any atom is 0.273 e. The van der Waals surface area contributed by atoms with Crippen LogP contribution in [-0.2, 0) is 24.3 Å². The highest BCUT2D eigenvalue weighted by atomic mass is 16.2. The second-order valence-electron chi connectivity index (χ2n) is 7.45. The minimum absolute atomic E-state index is 0.0962. The highest BCUT2D eigenvalue weighted by molar-refractivity contribution is 5.76. The van der Waals surface area contributed by atoms with Crippen LogP contribution in [0.15, 0.2) is 16.9 Å². The van der Waals surface area contributed by atoms with Crippen molar-refractivity contribution in [3.05, 3.63) is 45.4 Å². The quantitative estimate of drug-likeness (QED) is 0.834. The molecule has 1 amide bonds. The number of likely N-dealkylation sites (tertiary alicyclic amines) is 1. The van der Waals surface area contributed by atoms with Crippen LogP contribution in [0.5, 0.6) is 0 Å². The molecule has 2 aliphatic heterocycles. The van der Waals surface area contributed by atoms with Gasteiger partial charge in [0, 0.05) is 49.4 Å². The topological polar surface area (TPSA) is 73.0 Å². The van der Waals surface area contributed by atoms with E-state index in [1.54, 1.807) is 10.7 Å². The monoisotopic (exact) mass is 355 g/mol. The Morgan fingerprint density at radius 1 is 1.23 bits per heavy atom. The van der Waals surface area contributed by atoms with Gasteiger partial charge in [0.15, 0.2) is 0 Å². The fraction of sp³-hybridized carbons (Fsp3) is 0.579. The molecule has 1 atom stereocenters. The third-order valence-corrected chi connectivity index (χ3v) is 5.50. The average Bonchev–Trinajstić information content (AvgIpc) is 3.20. The van der Waals surface area contributed by atoms with E-state index in [1.807, 2.05) is 24.8 Å². The molecule has 138 valence electrons. The van der Waals surface area contributed by atoms with Crippen LogP contribution in [0.1, 0.15) is 48.1 Å². The van der Waals surface area contributed by atoms with Gasteiger partial charge in [0.25, 0.3) is 5.56 Å². The summed E-state index contributed by atoms with van der Waals surface area (Å²) in [6, 6.07) is 3.66. The summed E-state index contributed by atoms with van der Waals surface area (Å²) in [6.45, 7) is 6.55. The van der Waals surface area contributed by atoms with Gasteiger partial charge in [0.2, 0.25) is 5.91 Å². The number of hydrogen-bond acceptors (Lipinski definition) is 4. The summed E-state index contributed by atoms with van der Waals surface area (Å²) >= 11 is 0. The first-order valence-electron chi connectivity index (χ1n) is 9.41. The molecule has 2 aromatic heterocycles. The second-order valence-corrected chi connectivity index (χ2v) is 7.45. The summed E-state index contributed by atoms with van der Waals surface area (Å²) < 4.78 is 3.97. The molecule has 26 heavy (non-hydrogen) atoms. The van der Waals surface area contributed by atoms with Crippen LogP contribution < -0.4 is 5.56 Å². The lowest BCUT2D eigenvalue weighted by Crippen LogP contribution is -2.42. The molecule has 0 N–H and O–H groups in total. The number of hydrogen-bond donors (Lipinski definition) is 0. The molecule has 4 rings (SSSR count). The van der Waals surface area contributed by atoms with Gasteiger partial charge in [-0.25, -0.2) is 0 Å². The van der Waals surface area contributed by atoms with Crippen molar-refractivity contribution < 1.29 is 4.79 Å². The summed E-state index contributed by atoms with van der Waals surface area (Å²) in [5, 5.41) is 4.40. The van der Waals surface area contributed by atoms with E-state index in [9.17, 15) is 9.59 Å². The van der Waals surface area contributed by atoms with Crippen LogP contribution in [0.2, 0.25) is 0 Å². The minimum Gasteiger partial charge on any atom is -0.340 e. The molecule has 4 heterocycles. The van der Waals surface area contributed by atoms with Gasteiger partial charge in [-0.1, -0.05) is 0 Å². The molecule has 0 unspecified atom stereocenters.